The number of nitro benzene ring substituents is 3. The fraction of sp³-hybridized carbons (Fsp3) is 0.421. The number of nitrogens with two attached hydrogens (primary N) is 2. The molecule has 19 nitrogen and oxygen atoms in total. The molecule has 58 heavy (non-hydrogen) atoms. The number of para-hydroxylation sites is 5. The predicted octanol–water partition coefficient (Wildman–Crippen LogP) is 8.26. The number of halogens is 1. The monoisotopic (exact) mass is 827 g/mol. The zero-order valence-electron chi connectivity index (χ0n) is 28.2. The average Bonchev–Trinajstić information content (AvgIpc) is 3.04. The van der Waals surface area contributed by atoms with Gasteiger partial charge in [0, 0.05) is 31.0 Å². The number of hydrogen-bond acceptors (Lipinski definition) is 13. The topological polar surface area (TPSA) is 303 Å². The number of hydrogen-bond donors (Lipinski definition) is 5. The van der Waals surface area contributed by atoms with Crippen LogP contribution in [0.4, 0.5) is 32.8 Å². The molecule has 7 N–H and O–H groups in total. The molecule has 0 fully saturated rings. The van der Waals surface area contributed by atoms with Gasteiger partial charge in [-0.25, -0.2) is 9.59 Å². The largest absolute Gasteiger partial charge is 0.480 e. The highest BCUT2D eigenvalue weighted by Crippen LogP contribution is 2.26. The Hall–Kier alpha value is -6.73. The third-order valence-electron chi connectivity index (χ3n) is 6.26. The van der Waals surface area contributed by atoms with Gasteiger partial charge < -0.3 is 31.9 Å². The lowest BCUT2D eigenvalue weighted by Crippen LogP contribution is -2.37. The Bertz CT molecular complexity index is 1750. The lowest BCUT2D eigenvalue weighted by Gasteiger charge is -2.24. The Balaban J connectivity index is -0.000000176. The van der Waals surface area contributed by atoms with Crippen LogP contribution in [-0.4, -0.2) is 61.3 Å². The Morgan fingerprint density at radius 2 is 0.983 bits per heavy atom. The smallest absolute Gasteiger partial charge is 0.329 e. The second-order valence-electron chi connectivity index (χ2n) is 11.5. The molecule has 0 heterocycles. The first kappa shape index (κ1) is 63.2. The van der Waals surface area contributed by atoms with Crippen LogP contribution in [0.25, 0.3) is 0 Å². The van der Waals surface area contributed by atoms with Crippen molar-refractivity contribution in [3.05, 3.63) is 109 Å². The molecule has 0 spiro atoms. The molecule has 2 unspecified atom stereocenters. The maximum absolute atomic E-state index is 12.4. The van der Waals surface area contributed by atoms with Gasteiger partial charge in [0.05, 0.1) is 14.8 Å². The first-order valence-electron chi connectivity index (χ1n) is 15.1. The van der Waals surface area contributed by atoms with Gasteiger partial charge in [-0.1, -0.05) is 81.0 Å². The van der Waals surface area contributed by atoms with Crippen molar-refractivity contribution < 1.29 is 48.2 Å². The normalized spacial score (nSPS) is 10.3. The summed E-state index contributed by atoms with van der Waals surface area (Å²) in [6.45, 7) is 5.13. The van der Waals surface area contributed by atoms with Crippen LogP contribution in [0, 0.1) is 36.2 Å². The molecule has 0 aromatic heterocycles. The van der Waals surface area contributed by atoms with E-state index >= 15 is 0 Å². The molecule has 0 saturated carbocycles. The molecule has 0 radical (unpaired) electrons. The summed E-state index contributed by atoms with van der Waals surface area (Å²) >= 11 is 0. The maximum atomic E-state index is 12.4. The number of esters is 1. The van der Waals surface area contributed by atoms with E-state index in [4.69, 9.17) is 21.3 Å². The van der Waals surface area contributed by atoms with Gasteiger partial charge in [0.2, 0.25) is 17.6 Å². The van der Waals surface area contributed by atoms with Gasteiger partial charge in [0.15, 0.2) is 0 Å². The van der Waals surface area contributed by atoms with Gasteiger partial charge in [-0.05, 0) is 51.8 Å². The summed E-state index contributed by atoms with van der Waals surface area (Å²) in [5, 5.41) is 46.1. The molecule has 0 aliphatic rings. The van der Waals surface area contributed by atoms with E-state index in [-0.39, 0.29) is 93.0 Å². The summed E-state index contributed by atoms with van der Waals surface area (Å²) in [6.07, 6.45) is -0.130. The molecule has 20 heteroatoms. The summed E-state index contributed by atoms with van der Waals surface area (Å²) in [5.74, 6) is -3.80. The van der Waals surface area contributed by atoms with Crippen molar-refractivity contribution in [3.63, 3.8) is 0 Å². The minimum absolute atomic E-state index is 0. The van der Waals surface area contributed by atoms with Crippen LogP contribution >= 0.6 is 0 Å². The maximum Gasteiger partial charge on any atom is 0.329 e. The summed E-state index contributed by atoms with van der Waals surface area (Å²) < 4.78 is 17.7. The Labute approximate surface area is 339 Å². The number of amides is 2. The summed E-state index contributed by atoms with van der Waals surface area (Å²) in [6, 6.07) is 14.6. The molecule has 3 aromatic rings. The molecule has 3 rings (SSSR count). The van der Waals surface area contributed by atoms with E-state index < -0.39 is 67.7 Å². The number of carboxylic acid groups (broad SMARTS) is 1. The van der Waals surface area contributed by atoms with Gasteiger partial charge >= 0.3 is 17.6 Å². The van der Waals surface area contributed by atoms with E-state index in [1.165, 1.54) is 48.5 Å². The highest BCUT2D eigenvalue weighted by atomic mass is 19.1. The molecule has 0 aliphatic heterocycles. The lowest BCUT2D eigenvalue weighted by molar-refractivity contribution is -0.387. The van der Waals surface area contributed by atoms with Crippen LogP contribution in [0.3, 0.4) is 0 Å². The van der Waals surface area contributed by atoms with Crippen molar-refractivity contribution in [3.8, 4) is 0 Å². The third-order valence-corrected chi connectivity index (χ3v) is 6.26. The van der Waals surface area contributed by atoms with E-state index in [9.17, 15) is 53.9 Å². The van der Waals surface area contributed by atoms with E-state index in [1.54, 1.807) is 32.9 Å². The van der Waals surface area contributed by atoms with Crippen LogP contribution in [0.1, 0.15) is 91.0 Å². The number of carbonyl (C=O) groups is 4. The van der Waals surface area contributed by atoms with Crippen LogP contribution < -0.4 is 22.1 Å². The fourth-order valence-electron chi connectivity index (χ4n) is 3.94. The number of benzene rings is 3. The zero-order valence-corrected chi connectivity index (χ0v) is 28.2. The van der Waals surface area contributed by atoms with E-state index in [2.05, 4.69) is 10.6 Å². The number of nitro groups is 3. The van der Waals surface area contributed by atoms with Crippen LogP contribution in [-0.2, 0) is 23.9 Å². The quantitative estimate of drug-likeness (QED) is 0.0547. The van der Waals surface area contributed by atoms with Crippen LogP contribution in [0.5, 0.6) is 0 Å². The average molecular weight is 828 g/mol. The Kier molecular flexibility index (Phi) is 33.2. The lowest BCUT2D eigenvalue weighted by atomic mass is 10.1. The zero-order chi connectivity index (χ0) is 39.6. The number of nitrogens with zero attached hydrogens (tertiary/aromatic N) is 3. The van der Waals surface area contributed by atoms with Crippen molar-refractivity contribution in [2.45, 2.75) is 109 Å². The van der Waals surface area contributed by atoms with E-state index in [0.717, 1.165) is 12.1 Å². The highest BCUT2D eigenvalue weighted by Gasteiger charge is 2.27. The first-order valence-corrected chi connectivity index (χ1v) is 15.1. The Morgan fingerprint density at radius 1 is 0.655 bits per heavy atom. The summed E-state index contributed by atoms with van der Waals surface area (Å²) in [7, 11) is 0. The van der Waals surface area contributed by atoms with E-state index in [1.807, 2.05) is 0 Å². The number of rotatable bonds is 15. The third kappa shape index (κ3) is 23.9. The molecule has 3 aromatic carbocycles. The molecular weight excluding hydrogens is 765 g/mol. The number of carboxylic acids is 1. The molecule has 0 saturated heterocycles. The molecule has 2 amide bonds. The first-order chi connectivity index (χ1) is 24.2. The number of nitrogens with one attached hydrogen (secondary N) is 2. The standard InChI is InChI=1S/C15H21N3O5.C11H13N3O5.C6H4FNO2.6CH4/c1-15(2,3)23-14(20)11(8-9-13(16)19)17-10-6-4-5-7-12(10)18(21)22;12-10(15)6-5-8(11(16)17)13-7-3-1-2-4-9(7)14(18)19;7-5-3-1-2-4-6(5)8(9)10;;;;;;/h4-7,11,17H,8-9H2,1-3H3,(H2,16,19);1-4,8,13H,5-6H2,(H2,12,15)(H,16,17);1-4H;6*1H4. The number of carbonyl (C=O) groups excluding carboxylic acids is 3. The molecule has 0 aliphatic carbocycles. The number of anilines is 2. The van der Waals surface area contributed by atoms with Gasteiger partial charge in [0.25, 0.3) is 11.4 Å². The SMILES string of the molecule is C.C.C.C.C.C.CC(C)(C)OC(=O)C(CCC(N)=O)Nc1ccccc1[N+](=O)[O-].NC(=O)CCC(Nc1ccccc1[N+](=O)[O-])C(=O)O.O=[N+]([O-])c1ccccc1F. The van der Waals surface area contributed by atoms with Crippen molar-refractivity contribution in [1.82, 2.24) is 0 Å². The number of aliphatic carboxylic acids is 1. The second kappa shape index (κ2) is 30.5. The Morgan fingerprint density at radius 3 is 1.29 bits per heavy atom. The molecule has 2 atom stereocenters. The van der Waals surface area contributed by atoms with E-state index in [0.29, 0.717) is 0 Å². The van der Waals surface area contributed by atoms with Gasteiger partial charge in [-0.2, -0.15) is 4.39 Å². The fourth-order valence-corrected chi connectivity index (χ4v) is 3.94. The summed E-state index contributed by atoms with van der Waals surface area (Å²) in [5.41, 5.74) is 8.73. The minimum atomic E-state index is -1.21. The van der Waals surface area contributed by atoms with Crippen molar-refractivity contribution in [2.75, 3.05) is 10.6 Å². The molecule has 328 valence electrons. The van der Waals surface area contributed by atoms with Crippen molar-refractivity contribution >= 4 is 52.2 Å². The van der Waals surface area contributed by atoms with Gasteiger partial charge in [0.1, 0.15) is 29.1 Å². The minimum Gasteiger partial charge on any atom is -0.480 e. The van der Waals surface area contributed by atoms with Gasteiger partial charge in [-0.3, -0.25) is 39.9 Å². The highest BCUT2D eigenvalue weighted by molar-refractivity contribution is 5.83. The number of primary amides is 2. The van der Waals surface area contributed by atoms with Crippen LogP contribution in [0.15, 0.2) is 72.8 Å². The number of ether oxygens (including phenoxy) is 1. The van der Waals surface area contributed by atoms with Crippen molar-refractivity contribution in [2.24, 2.45) is 11.5 Å². The molecule has 0 bridgehead atoms. The summed E-state index contributed by atoms with van der Waals surface area (Å²) in [4.78, 5) is 74.8. The predicted molar refractivity (Wildman–Crippen MR) is 225 cm³/mol. The van der Waals surface area contributed by atoms with Gasteiger partial charge in [-0.15, -0.1) is 0 Å². The van der Waals surface area contributed by atoms with Crippen LogP contribution in [0.2, 0.25) is 0 Å². The second-order valence-corrected chi connectivity index (χ2v) is 11.5. The van der Waals surface area contributed by atoms with Crippen molar-refractivity contribution in [1.29, 1.82) is 0 Å². The molecular formula is C38H62FN7O12.